The van der Waals surface area contributed by atoms with Crippen LogP contribution in [0.25, 0.3) is 0 Å². The van der Waals surface area contributed by atoms with Gasteiger partial charge in [0.2, 0.25) is 10.0 Å². The standard InChI is InChI=1S/C26H29N3O6S/c1-29(36(4,32)33)22-12-8-6-10-20(22)26(31)28-21-11-7-5-9-19(21)25(30)27-16-15-18-13-14-23(34-2)24(17-18)35-3/h5-14,17H,15-16H2,1-4H3,(H,27,30)(H,28,31). The number of methoxy groups -OCH3 is 2. The molecule has 3 aromatic rings. The molecule has 190 valence electrons. The van der Waals surface area contributed by atoms with Crippen molar-refractivity contribution in [3.63, 3.8) is 0 Å². The van der Waals surface area contributed by atoms with Gasteiger partial charge in [-0.3, -0.25) is 13.9 Å². The van der Waals surface area contributed by atoms with Crippen LogP contribution in [0, 0.1) is 0 Å². The van der Waals surface area contributed by atoms with Gasteiger partial charge in [0.1, 0.15) is 0 Å². The number of carbonyl (C=O) groups is 2. The Hall–Kier alpha value is -4.05. The van der Waals surface area contributed by atoms with Crippen LogP contribution in [0.15, 0.2) is 66.7 Å². The van der Waals surface area contributed by atoms with Gasteiger partial charge in [0, 0.05) is 13.6 Å². The molecule has 0 aliphatic rings. The van der Waals surface area contributed by atoms with E-state index in [-0.39, 0.29) is 22.7 Å². The fourth-order valence-corrected chi connectivity index (χ4v) is 4.07. The number of anilines is 2. The summed E-state index contributed by atoms with van der Waals surface area (Å²) < 4.78 is 35.6. The smallest absolute Gasteiger partial charge is 0.257 e. The van der Waals surface area contributed by atoms with Gasteiger partial charge >= 0.3 is 0 Å². The van der Waals surface area contributed by atoms with E-state index in [0.717, 1.165) is 16.1 Å². The Morgan fingerprint density at radius 3 is 2.17 bits per heavy atom. The van der Waals surface area contributed by atoms with E-state index in [0.29, 0.717) is 30.2 Å². The van der Waals surface area contributed by atoms with Gasteiger partial charge in [-0.1, -0.05) is 30.3 Å². The molecule has 0 unspecified atom stereocenters. The minimum absolute atomic E-state index is 0.161. The molecule has 0 saturated carbocycles. The summed E-state index contributed by atoms with van der Waals surface area (Å²) in [6, 6.07) is 18.5. The van der Waals surface area contributed by atoms with Crippen molar-refractivity contribution in [2.45, 2.75) is 6.42 Å². The Morgan fingerprint density at radius 2 is 1.50 bits per heavy atom. The number of sulfonamides is 1. The van der Waals surface area contributed by atoms with E-state index >= 15 is 0 Å². The topological polar surface area (TPSA) is 114 Å². The zero-order valence-corrected chi connectivity index (χ0v) is 21.4. The van der Waals surface area contributed by atoms with E-state index in [1.165, 1.54) is 13.1 Å². The molecular weight excluding hydrogens is 482 g/mol. The number of rotatable bonds is 10. The predicted octanol–water partition coefficient (Wildman–Crippen LogP) is 3.32. The van der Waals surface area contributed by atoms with Gasteiger partial charge in [-0.05, 0) is 48.4 Å². The maximum Gasteiger partial charge on any atom is 0.257 e. The minimum atomic E-state index is -3.57. The number of nitrogens with zero attached hydrogens (tertiary/aromatic N) is 1. The van der Waals surface area contributed by atoms with Crippen LogP contribution in [0.1, 0.15) is 26.3 Å². The molecule has 0 atom stereocenters. The lowest BCUT2D eigenvalue weighted by Gasteiger charge is -2.20. The second-order valence-corrected chi connectivity index (χ2v) is 9.96. The highest BCUT2D eigenvalue weighted by Gasteiger charge is 2.21. The molecule has 0 heterocycles. The summed E-state index contributed by atoms with van der Waals surface area (Å²) in [5, 5.41) is 5.61. The fraction of sp³-hybridized carbons (Fsp3) is 0.231. The van der Waals surface area contributed by atoms with E-state index in [9.17, 15) is 18.0 Å². The quantitative estimate of drug-likeness (QED) is 0.432. The van der Waals surface area contributed by atoms with Gasteiger partial charge in [0.25, 0.3) is 11.8 Å². The molecule has 0 radical (unpaired) electrons. The van der Waals surface area contributed by atoms with Gasteiger partial charge in [0.15, 0.2) is 11.5 Å². The SMILES string of the molecule is COc1ccc(CCNC(=O)c2ccccc2NC(=O)c2ccccc2N(C)S(C)(=O)=O)cc1OC. The highest BCUT2D eigenvalue weighted by Crippen LogP contribution is 2.28. The molecule has 3 aromatic carbocycles. The normalized spacial score (nSPS) is 10.9. The van der Waals surface area contributed by atoms with Crippen molar-refractivity contribution >= 4 is 33.2 Å². The monoisotopic (exact) mass is 511 g/mol. The first-order chi connectivity index (χ1) is 17.2. The van der Waals surface area contributed by atoms with E-state index in [1.807, 2.05) is 12.1 Å². The zero-order chi connectivity index (χ0) is 26.3. The number of benzene rings is 3. The van der Waals surface area contributed by atoms with Crippen LogP contribution >= 0.6 is 0 Å². The molecule has 3 rings (SSSR count). The number of para-hydroxylation sites is 2. The van der Waals surface area contributed by atoms with Crippen LogP contribution in [0.4, 0.5) is 11.4 Å². The molecule has 2 amide bonds. The molecule has 0 spiro atoms. The van der Waals surface area contributed by atoms with Crippen molar-refractivity contribution in [2.24, 2.45) is 0 Å². The summed E-state index contributed by atoms with van der Waals surface area (Å²) in [5.41, 5.74) is 1.94. The summed E-state index contributed by atoms with van der Waals surface area (Å²) in [6.45, 7) is 0.360. The second-order valence-electron chi connectivity index (χ2n) is 7.94. The van der Waals surface area contributed by atoms with E-state index in [2.05, 4.69) is 10.6 Å². The number of carbonyl (C=O) groups excluding carboxylic acids is 2. The summed E-state index contributed by atoms with van der Waals surface area (Å²) in [5.74, 6) is 0.343. The Balaban J connectivity index is 1.72. The number of nitrogens with one attached hydrogen (secondary N) is 2. The highest BCUT2D eigenvalue weighted by atomic mass is 32.2. The highest BCUT2D eigenvalue weighted by molar-refractivity contribution is 7.92. The Bertz CT molecular complexity index is 1360. The van der Waals surface area contributed by atoms with Crippen molar-refractivity contribution < 1.29 is 27.5 Å². The summed E-state index contributed by atoms with van der Waals surface area (Å²) in [4.78, 5) is 26.0. The molecule has 0 fully saturated rings. The molecular formula is C26H29N3O6S. The van der Waals surface area contributed by atoms with E-state index < -0.39 is 15.9 Å². The van der Waals surface area contributed by atoms with Crippen LogP contribution in [-0.2, 0) is 16.4 Å². The van der Waals surface area contributed by atoms with Gasteiger partial charge in [-0.15, -0.1) is 0 Å². The van der Waals surface area contributed by atoms with Crippen molar-refractivity contribution in [3.05, 3.63) is 83.4 Å². The van der Waals surface area contributed by atoms with Gasteiger partial charge in [0.05, 0.1) is 43.0 Å². The van der Waals surface area contributed by atoms with Crippen molar-refractivity contribution in [1.29, 1.82) is 0 Å². The van der Waals surface area contributed by atoms with E-state index in [4.69, 9.17) is 9.47 Å². The molecule has 0 aromatic heterocycles. The van der Waals surface area contributed by atoms with Gasteiger partial charge in [-0.2, -0.15) is 0 Å². The molecule has 10 heteroatoms. The molecule has 0 aliphatic heterocycles. The molecule has 2 N–H and O–H groups in total. The maximum atomic E-state index is 13.1. The van der Waals surface area contributed by atoms with Crippen molar-refractivity contribution in [1.82, 2.24) is 5.32 Å². The first kappa shape index (κ1) is 26.6. The molecule has 0 bridgehead atoms. The zero-order valence-electron chi connectivity index (χ0n) is 20.6. The molecule has 9 nitrogen and oxygen atoms in total. The molecule has 0 saturated heterocycles. The lowest BCUT2D eigenvalue weighted by atomic mass is 10.1. The summed E-state index contributed by atoms with van der Waals surface area (Å²) in [6.07, 6.45) is 1.62. The van der Waals surface area contributed by atoms with E-state index in [1.54, 1.807) is 62.8 Å². The molecule has 36 heavy (non-hydrogen) atoms. The minimum Gasteiger partial charge on any atom is -0.493 e. The average molecular weight is 512 g/mol. The second kappa shape index (κ2) is 11.6. The van der Waals surface area contributed by atoms with Crippen LogP contribution in [0.3, 0.4) is 0 Å². The van der Waals surface area contributed by atoms with Crippen molar-refractivity contribution in [2.75, 3.05) is 43.7 Å². The van der Waals surface area contributed by atoms with Crippen LogP contribution < -0.4 is 24.4 Å². The van der Waals surface area contributed by atoms with Crippen LogP contribution in [0.2, 0.25) is 0 Å². The third-order valence-electron chi connectivity index (χ3n) is 5.55. The fourth-order valence-electron chi connectivity index (χ4n) is 3.55. The first-order valence-corrected chi connectivity index (χ1v) is 12.9. The van der Waals surface area contributed by atoms with Crippen LogP contribution in [-0.4, -0.2) is 54.3 Å². The number of hydrogen-bond acceptors (Lipinski definition) is 6. The summed E-state index contributed by atoms with van der Waals surface area (Å²) >= 11 is 0. The largest absolute Gasteiger partial charge is 0.493 e. The van der Waals surface area contributed by atoms with Crippen molar-refractivity contribution in [3.8, 4) is 11.5 Å². The van der Waals surface area contributed by atoms with Gasteiger partial charge in [-0.25, -0.2) is 8.42 Å². The summed E-state index contributed by atoms with van der Waals surface area (Å²) in [7, 11) is 0.930. The Labute approximate surface area is 211 Å². The molecule has 0 aliphatic carbocycles. The Kier molecular flexibility index (Phi) is 8.55. The third kappa shape index (κ3) is 6.33. The third-order valence-corrected chi connectivity index (χ3v) is 6.74. The number of ether oxygens (including phenoxy) is 2. The average Bonchev–Trinajstić information content (AvgIpc) is 2.87. The lowest BCUT2D eigenvalue weighted by molar-refractivity contribution is 0.0955. The first-order valence-electron chi connectivity index (χ1n) is 11.1. The van der Waals surface area contributed by atoms with Gasteiger partial charge < -0.3 is 20.1 Å². The maximum absolute atomic E-state index is 13.1. The Morgan fingerprint density at radius 1 is 0.861 bits per heavy atom. The predicted molar refractivity (Wildman–Crippen MR) is 140 cm³/mol. The van der Waals surface area contributed by atoms with Crippen LogP contribution in [0.5, 0.6) is 11.5 Å². The number of amides is 2. The number of hydrogen-bond donors (Lipinski definition) is 2. The lowest BCUT2D eigenvalue weighted by Crippen LogP contribution is -2.29.